The highest BCUT2D eigenvalue weighted by Crippen LogP contribution is 2.33. The number of benzene rings is 1. The second kappa shape index (κ2) is 6.18. The molecule has 4 nitrogen and oxygen atoms in total. The molecule has 0 saturated carbocycles. The maximum atomic E-state index is 12.0. The molecule has 0 amide bonds. The number of carbonyl (C=O) groups excluding carboxylic acids is 2. The van der Waals surface area contributed by atoms with Gasteiger partial charge in [-0.1, -0.05) is 30.3 Å². The van der Waals surface area contributed by atoms with Crippen molar-refractivity contribution in [3.05, 3.63) is 35.9 Å². The summed E-state index contributed by atoms with van der Waals surface area (Å²) in [6.07, 6.45) is 0.358. The number of rotatable bonds is 4. The number of ketones is 1. The molecule has 1 heterocycles. The van der Waals surface area contributed by atoms with Crippen LogP contribution in [0.1, 0.15) is 38.8 Å². The minimum Gasteiger partial charge on any atom is -0.462 e. The van der Waals surface area contributed by atoms with Crippen LogP contribution in [0.5, 0.6) is 0 Å². The molecule has 108 valence electrons. The first-order valence-corrected chi connectivity index (χ1v) is 7.01. The third kappa shape index (κ3) is 3.25. The Kier molecular flexibility index (Phi) is 4.55. The predicted molar refractivity (Wildman–Crippen MR) is 76.1 cm³/mol. The van der Waals surface area contributed by atoms with Gasteiger partial charge in [0.15, 0.2) is 0 Å². The zero-order chi connectivity index (χ0) is 14.7. The molecule has 1 aromatic carbocycles. The van der Waals surface area contributed by atoms with Crippen LogP contribution in [0.25, 0.3) is 0 Å². The molecule has 0 radical (unpaired) electrons. The lowest BCUT2D eigenvalue weighted by Crippen LogP contribution is -2.35. The molecule has 1 aromatic rings. The topological polar surface area (TPSA) is 55.4 Å². The maximum Gasteiger partial charge on any atom is 0.323 e. The fourth-order valence-corrected chi connectivity index (χ4v) is 2.66. The normalized spacial score (nSPS) is 25.7. The zero-order valence-electron chi connectivity index (χ0n) is 12.1. The summed E-state index contributed by atoms with van der Waals surface area (Å²) in [5.41, 5.74) is 1.03. The monoisotopic (exact) mass is 275 g/mol. The molecule has 0 aromatic heterocycles. The summed E-state index contributed by atoms with van der Waals surface area (Å²) in [4.78, 5) is 23.8. The maximum absolute atomic E-state index is 12.0. The van der Waals surface area contributed by atoms with Crippen LogP contribution in [0.2, 0.25) is 0 Å². The molecule has 1 fully saturated rings. The zero-order valence-corrected chi connectivity index (χ0v) is 12.1. The van der Waals surface area contributed by atoms with Crippen LogP contribution in [-0.4, -0.2) is 23.9 Å². The van der Waals surface area contributed by atoms with Crippen molar-refractivity contribution in [1.29, 1.82) is 0 Å². The molecular formula is C16H21NO3. The average molecular weight is 275 g/mol. The summed E-state index contributed by atoms with van der Waals surface area (Å²) in [5.74, 6) is -0.349. The van der Waals surface area contributed by atoms with Crippen LogP contribution in [0.4, 0.5) is 0 Å². The summed E-state index contributed by atoms with van der Waals surface area (Å²) in [6, 6.07) is 9.25. The van der Waals surface area contributed by atoms with E-state index < -0.39 is 6.04 Å². The predicted octanol–water partition coefficient (Wildman–Crippen LogP) is 2.25. The van der Waals surface area contributed by atoms with Crippen molar-refractivity contribution in [2.24, 2.45) is 5.92 Å². The summed E-state index contributed by atoms with van der Waals surface area (Å²) in [5, 5.41) is 3.25. The molecule has 0 spiro atoms. The second-order valence-electron chi connectivity index (χ2n) is 5.55. The van der Waals surface area contributed by atoms with E-state index in [0.29, 0.717) is 6.42 Å². The molecule has 1 saturated heterocycles. The van der Waals surface area contributed by atoms with Crippen LogP contribution in [0.3, 0.4) is 0 Å². The van der Waals surface area contributed by atoms with Crippen LogP contribution in [0, 0.1) is 5.92 Å². The van der Waals surface area contributed by atoms with Crippen molar-refractivity contribution >= 4 is 11.8 Å². The Morgan fingerprint density at radius 1 is 1.25 bits per heavy atom. The molecule has 1 aliphatic rings. The van der Waals surface area contributed by atoms with Gasteiger partial charge in [0.2, 0.25) is 0 Å². The Labute approximate surface area is 119 Å². The number of Topliss-reactive ketones (excluding diaryl/α,β-unsaturated/α-hetero) is 1. The number of ether oxygens (including phenoxy) is 1. The first-order valence-electron chi connectivity index (χ1n) is 7.01. The van der Waals surface area contributed by atoms with Crippen LogP contribution >= 0.6 is 0 Å². The largest absolute Gasteiger partial charge is 0.462 e. The lowest BCUT2D eigenvalue weighted by atomic mass is 9.90. The fourth-order valence-electron chi connectivity index (χ4n) is 2.66. The average Bonchev–Trinajstić information content (AvgIpc) is 2.84. The van der Waals surface area contributed by atoms with Gasteiger partial charge in [-0.05, 0) is 32.8 Å². The minimum atomic E-state index is -0.406. The molecule has 0 aliphatic carbocycles. The number of hydrogen-bond acceptors (Lipinski definition) is 4. The van der Waals surface area contributed by atoms with Gasteiger partial charge in [0, 0.05) is 12.0 Å². The van der Waals surface area contributed by atoms with E-state index in [4.69, 9.17) is 4.74 Å². The van der Waals surface area contributed by atoms with E-state index >= 15 is 0 Å². The van der Waals surface area contributed by atoms with E-state index in [2.05, 4.69) is 5.32 Å². The molecule has 1 aliphatic heterocycles. The smallest absolute Gasteiger partial charge is 0.323 e. The van der Waals surface area contributed by atoms with E-state index in [1.807, 2.05) is 44.2 Å². The minimum absolute atomic E-state index is 0.103. The molecule has 20 heavy (non-hydrogen) atoms. The highest BCUT2D eigenvalue weighted by atomic mass is 16.5. The van der Waals surface area contributed by atoms with Crippen LogP contribution in [0.15, 0.2) is 30.3 Å². The van der Waals surface area contributed by atoms with E-state index in [-0.39, 0.29) is 29.8 Å². The molecule has 4 heteroatoms. The van der Waals surface area contributed by atoms with Crippen molar-refractivity contribution in [2.75, 3.05) is 0 Å². The van der Waals surface area contributed by atoms with Crippen LogP contribution in [-0.2, 0) is 14.3 Å². The van der Waals surface area contributed by atoms with Gasteiger partial charge in [-0.25, -0.2) is 0 Å². The van der Waals surface area contributed by atoms with Gasteiger partial charge in [-0.2, -0.15) is 0 Å². The number of carbonyl (C=O) groups is 2. The third-order valence-corrected chi connectivity index (χ3v) is 3.59. The summed E-state index contributed by atoms with van der Waals surface area (Å²) in [6.45, 7) is 5.23. The van der Waals surface area contributed by atoms with E-state index in [0.717, 1.165) is 5.56 Å². The molecule has 1 N–H and O–H groups in total. The molecule has 3 atom stereocenters. The molecule has 2 rings (SSSR count). The van der Waals surface area contributed by atoms with Gasteiger partial charge in [0.05, 0.1) is 6.10 Å². The van der Waals surface area contributed by atoms with Crippen LogP contribution < -0.4 is 5.32 Å². The van der Waals surface area contributed by atoms with Gasteiger partial charge < -0.3 is 4.74 Å². The lowest BCUT2D eigenvalue weighted by molar-refractivity contribution is -0.149. The van der Waals surface area contributed by atoms with Crippen molar-refractivity contribution in [1.82, 2.24) is 5.32 Å². The van der Waals surface area contributed by atoms with Crippen molar-refractivity contribution < 1.29 is 14.3 Å². The summed E-state index contributed by atoms with van der Waals surface area (Å²) in [7, 11) is 0. The number of nitrogens with one attached hydrogen (secondary N) is 1. The first-order chi connectivity index (χ1) is 9.49. The third-order valence-electron chi connectivity index (χ3n) is 3.59. The quantitative estimate of drug-likeness (QED) is 0.856. The van der Waals surface area contributed by atoms with Gasteiger partial charge >= 0.3 is 5.97 Å². The van der Waals surface area contributed by atoms with Crippen molar-refractivity contribution in [3.8, 4) is 0 Å². The summed E-state index contributed by atoms with van der Waals surface area (Å²) >= 11 is 0. The molecular weight excluding hydrogens is 254 g/mol. The summed E-state index contributed by atoms with van der Waals surface area (Å²) < 4.78 is 5.23. The van der Waals surface area contributed by atoms with E-state index in [1.165, 1.54) is 0 Å². The van der Waals surface area contributed by atoms with Gasteiger partial charge in [-0.3, -0.25) is 14.9 Å². The van der Waals surface area contributed by atoms with Crippen molar-refractivity contribution in [3.63, 3.8) is 0 Å². The van der Waals surface area contributed by atoms with E-state index in [9.17, 15) is 9.59 Å². The Morgan fingerprint density at radius 2 is 1.90 bits per heavy atom. The van der Waals surface area contributed by atoms with Gasteiger partial charge in [0.25, 0.3) is 0 Å². The first kappa shape index (κ1) is 14.7. The second-order valence-corrected chi connectivity index (χ2v) is 5.55. The number of hydrogen-bond donors (Lipinski definition) is 1. The Morgan fingerprint density at radius 3 is 2.45 bits per heavy atom. The highest BCUT2D eigenvalue weighted by molar-refractivity contribution is 5.83. The number of esters is 1. The lowest BCUT2D eigenvalue weighted by Gasteiger charge is -2.18. The standard InChI is InChI=1S/C16H21NO3/c1-10(2)20-16(19)14-9-13(11(3)18)15(17-14)12-7-5-4-6-8-12/h4-8,10,13-15,17H,9H2,1-3H3/t13-,14-,15-/m1/s1. The highest BCUT2D eigenvalue weighted by Gasteiger charge is 2.41. The fraction of sp³-hybridized carbons (Fsp3) is 0.500. The van der Waals surface area contributed by atoms with Gasteiger partial charge in [0.1, 0.15) is 11.8 Å². The Hall–Kier alpha value is -1.68. The van der Waals surface area contributed by atoms with Gasteiger partial charge in [-0.15, -0.1) is 0 Å². The molecule has 0 bridgehead atoms. The van der Waals surface area contributed by atoms with Crippen molar-refractivity contribution in [2.45, 2.75) is 45.4 Å². The SMILES string of the molecule is CC(=O)[C@H]1C[C@H](C(=O)OC(C)C)N[C@@H]1c1ccccc1. The van der Waals surface area contributed by atoms with E-state index in [1.54, 1.807) is 6.92 Å². The molecule has 0 unspecified atom stereocenters. The Balaban J connectivity index is 2.16. The Bertz CT molecular complexity index is 484.